The van der Waals surface area contributed by atoms with Crippen molar-refractivity contribution in [2.24, 2.45) is 17.8 Å². The van der Waals surface area contributed by atoms with E-state index < -0.39 is 0 Å². The van der Waals surface area contributed by atoms with Gasteiger partial charge in [0.1, 0.15) is 0 Å². The normalized spacial score (nSPS) is 26.5. The summed E-state index contributed by atoms with van der Waals surface area (Å²) in [5.41, 5.74) is 0.571. The molecule has 1 aromatic rings. The number of methoxy groups -OCH3 is 3. The highest BCUT2D eigenvalue weighted by molar-refractivity contribution is 5.95. The number of benzene rings is 1. The molecule has 2 fully saturated rings. The fourth-order valence-electron chi connectivity index (χ4n) is 4.96. The average molecular weight is 386 g/mol. The van der Waals surface area contributed by atoms with Crippen molar-refractivity contribution in [1.82, 2.24) is 9.80 Å². The predicted molar refractivity (Wildman–Crippen MR) is 107 cm³/mol. The van der Waals surface area contributed by atoms with Gasteiger partial charge in [-0.15, -0.1) is 0 Å². The number of hydrogen-bond donors (Lipinski definition) is 0. The largest absolute Gasteiger partial charge is 0.493 e. The van der Waals surface area contributed by atoms with E-state index in [1.54, 1.807) is 33.5 Å². The molecule has 3 aliphatic rings. The first-order valence-electron chi connectivity index (χ1n) is 10.1. The summed E-state index contributed by atoms with van der Waals surface area (Å²) < 4.78 is 16.1. The van der Waals surface area contributed by atoms with Gasteiger partial charge < -0.3 is 19.1 Å². The molecule has 0 spiro atoms. The third-order valence-electron chi connectivity index (χ3n) is 6.48. The van der Waals surface area contributed by atoms with Gasteiger partial charge in [0.15, 0.2) is 11.5 Å². The first kappa shape index (κ1) is 19.1. The van der Waals surface area contributed by atoms with E-state index in [-0.39, 0.29) is 5.91 Å². The molecule has 6 nitrogen and oxygen atoms in total. The second-order valence-corrected chi connectivity index (χ2v) is 8.05. The molecular formula is C22H30N2O4. The molecule has 3 atom stereocenters. The molecule has 0 aromatic heterocycles. The summed E-state index contributed by atoms with van der Waals surface area (Å²) in [7, 11) is 4.69. The van der Waals surface area contributed by atoms with Crippen molar-refractivity contribution in [3.63, 3.8) is 0 Å². The van der Waals surface area contributed by atoms with Crippen LogP contribution in [0.15, 0.2) is 24.3 Å². The molecule has 152 valence electrons. The Morgan fingerprint density at radius 2 is 1.64 bits per heavy atom. The highest BCUT2D eigenvalue weighted by Crippen LogP contribution is 2.43. The number of ether oxygens (including phenoxy) is 3. The van der Waals surface area contributed by atoms with Crippen molar-refractivity contribution >= 4 is 5.91 Å². The second-order valence-electron chi connectivity index (χ2n) is 8.05. The lowest BCUT2D eigenvalue weighted by Crippen LogP contribution is -2.50. The summed E-state index contributed by atoms with van der Waals surface area (Å²) in [4.78, 5) is 17.5. The predicted octanol–water partition coefficient (Wildman–Crippen LogP) is 2.68. The maximum atomic E-state index is 13.0. The van der Waals surface area contributed by atoms with Crippen LogP contribution in [-0.2, 0) is 0 Å². The van der Waals surface area contributed by atoms with E-state index in [4.69, 9.17) is 14.2 Å². The number of allylic oxidation sites excluding steroid dienone is 2. The van der Waals surface area contributed by atoms with Gasteiger partial charge in [-0.3, -0.25) is 9.69 Å². The van der Waals surface area contributed by atoms with Crippen LogP contribution in [0.1, 0.15) is 23.2 Å². The highest BCUT2D eigenvalue weighted by Gasteiger charge is 2.37. The summed E-state index contributed by atoms with van der Waals surface area (Å²) in [6.45, 7) is 4.55. The number of rotatable bonds is 6. The van der Waals surface area contributed by atoms with Gasteiger partial charge in [0, 0.05) is 38.3 Å². The van der Waals surface area contributed by atoms with E-state index in [0.717, 1.165) is 50.5 Å². The molecule has 28 heavy (non-hydrogen) atoms. The second kappa shape index (κ2) is 8.03. The van der Waals surface area contributed by atoms with Gasteiger partial charge in [-0.1, -0.05) is 12.2 Å². The summed E-state index contributed by atoms with van der Waals surface area (Å²) >= 11 is 0. The van der Waals surface area contributed by atoms with E-state index in [1.165, 1.54) is 12.8 Å². The number of piperazine rings is 1. The van der Waals surface area contributed by atoms with Crippen LogP contribution in [0, 0.1) is 17.8 Å². The fraction of sp³-hybridized carbons (Fsp3) is 0.591. The molecule has 0 N–H and O–H groups in total. The third kappa shape index (κ3) is 3.58. The van der Waals surface area contributed by atoms with E-state index in [9.17, 15) is 4.79 Å². The Balaban J connectivity index is 1.38. The Bertz CT molecular complexity index is 730. The van der Waals surface area contributed by atoms with E-state index in [1.807, 2.05) is 4.90 Å². The van der Waals surface area contributed by atoms with Gasteiger partial charge in [0.2, 0.25) is 5.75 Å². The van der Waals surface area contributed by atoms with Crippen molar-refractivity contribution < 1.29 is 19.0 Å². The van der Waals surface area contributed by atoms with Crippen molar-refractivity contribution in [3.8, 4) is 17.2 Å². The molecule has 2 bridgehead atoms. The Morgan fingerprint density at radius 3 is 2.14 bits per heavy atom. The maximum absolute atomic E-state index is 13.0. The van der Waals surface area contributed by atoms with Gasteiger partial charge in [-0.2, -0.15) is 0 Å². The van der Waals surface area contributed by atoms with Crippen molar-refractivity contribution in [2.45, 2.75) is 12.8 Å². The minimum absolute atomic E-state index is 0.0155. The van der Waals surface area contributed by atoms with Crippen molar-refractivity contribution in [3.05, 3.63) is 29.8 Å². The molecule has 1 heterocycles. The topological polar surface area (TPSA) is 51.2 Å². The number of nitrogens with zero attached hydrogens (tertiary/aromatic N) is 2. The lowest BCUT2D eigenvalue weighted by atomic mass is 9.93. The summed E-state index contributed by atoms with van der Waals surface area (Å²) in [5, 5.41) is 0. The van der Waals surface area contributed by atoms with Crippen LogP contribution in [0.2, 0.25) is 0 Å². The molecule has 1 saturated carbocycles. The van der Waals surface area contributed by atoms with Gasteiger partial charge in [0.25, 0.3) is 5.91 Å². The molecule has 4 rings (SSSR count). The molecule has 0 radical (unpaired) electrons. The zero-order valence-electron chi connectivity index (χ0n) is 17.0. The molecule has 0 unspecified atom stereocenters. The Labute approximate surface area is 167 Å². The van der Waals surface area contributed by atoms with Gasteiger partial charge in [-0.05, 0) is 42.7 Å². The number of carbonyl (C=O) groups excluding carboxylic acids is 1. The summed E-state index contributed by atoms with van der Waals surface area (Å²) in [5.74, 6) is 3.93. The van der Waals surface area contributed by atoms with Gasteiger partial charge >= 0.3 is 0 Å². The van der Waals surface area contributed by atoms with Crippen LogP contribution >= 0.6 is 0 Å². The SMILES string of the molecule is COc1cc(C(=O)N2CCN(C[C@@H]3C[C@@H]4C=C[C@@H]3C4)CC2)cc(OC)c1OC. The highest BCUT2D eigenvalue weighted by atomic mass is 16.5. The lowest BCUT2D eigenvalue weighted by Gasteiger charge is -2.37. The van der Waals surface area contributed by atoms with Gasteiger partial charge in [0.05, 0.1) is 21.3 Å². The smallest absolute Gasteiger partial charge is 0.254 e. The summed E-state index contributed by atoms with van der Waals surface area (Å²) in [6, 6.07) is 3.47. The van der Waals surface area contributed by atoms with Crippen LogP contribution in [-0.4, -0.2) is 69.8 Å². The van der Waals surface area contributed by atoms with E-state index in [0.29, 0.717) is 22.8 Å². The molecule has 2 aliphatic carbocycles. The molecule has 6 heteroatoms. The van der Waals surface area contributed by atoms with E-state index >= 15 is 0 Å². The average Bonchev–Trinajstić information content (AvgIpc) is 3.36. The van der Waals surface area contributed by atoms with Gasteiger partial charge in [-0.25, -0.2) is 0 Å². The zero-order chi connectivity index (χ0) is 19.7. The number of carbonyl (C=O) groups is 1. The third-order valence-corrected chi connectivity index (χ3v) is 6.48. The van der Waals surface area contributed by atoms with Crippen molar-refractivity contribution in [1.29, 1.82) is 0 Å². The number of amides is 1. The number of fused-ring (bicyclic) bond motifs is 2. The van der Waals surface area contributed by atoms with Crippen LogP contribution in [0.5, 0.6) is 17.2 Å². The molecular weight excluding hydrogens is 356 g/mol. The van der Waals surface area contributed by atoms with Crippen LogP contribution in [0.3, 0.4) is 0 Å². The zero-order valence-corrected chi connectivity index (χ0v) is 17.0. The monoisotopic (exact) mass is 386 g/mol. The Morgan fingerprint density at radius 1 is 0.964 bits per heavy atom. The molecule has 1 aliphatic heterocycles. The molecule has 1 aromatic carbocycles. The van der Waals surface area contributed by atoms with E-state index in [2.05, 4.69) is 17.1 Å². The summed E-state index contributed by atoms with van der Waals surface area (Å²) in [6.07, 6.45) is 7.51. The minimum Gasteiger partial charge on any atom is -0.493 e. The Hall–Kier alpha value is -2.21. The van der Waals surface area contributed by atoms with Crippen LogP contribution < -0.4 is 14.2 Å². The fourth-order valence-corrected chi connectivity index (χ4v) is 4.96. The minimum atomic E-state index is 0.0155. The van der Waals surface area contributed by atoms with Crippen molar-refractivity contribution in [2.75, 3.05) is 54.1 Å². The lowest BCUT2D eigenvalue weighted by molar-refractivity contribution is 0.0609. The maximum Gasteiger partial charge on any atom is 0.254 e. The first-order valence-corrected chi connectivity index (χ1v) is 10.1. The molecule has 1 saturated heterocycles. The van der Waals surface area contributed by atoms with Crippen LogP contribution in [0.25, 0.3) is 0 Å². The first-order chi connectivity index (χ1) is 13.6. The van der Waals surface area contributed by atoms with Crippen LogP contribution in [0.4, 0.5) is 0 Å². The molecule has 1 amide bonds. The number of hydrogen-bond acceptors (Lipinski definition) is 5. The quantitative estimate of drug-likeness (QED) is 0.704. The Kier molecular flexibility index (Phi) is 5.49. The standard InChI is InChI=1S/C22H30N2O4/c1-26-19-12-17(13-20(27-2)21(19)28-3)22(25)24-8-6-23(7-9-24)14-18-11-15-4-5-16(18)10-15/h4-5,12-13,15-16,18H,6-11,14H2,1-3H3/t15-,16-,18+/m1/s1.